The van der Waals surface area contributed by atoms with E-state index in [1.807, 2.05) is 0 Å². The number of Topliss-reactive ketones (excluding diaryl/α,β-unsaturated/α-hetero) is 2. The topological polar surface area (TPSA) is 107 Å². The summed E-state index contributed by atoms with van der Waals surface area (Å²) in [5, 5.41) is 0. The molecule has 0 fully saturated rings. The predicted molar refractivity (Wildman–Crippen MR) is 95.6 cm³/mol. The number of rotatable bonds is 14. The van der Waals surface area contributed by atoms with Gasteiger partial charge in [0.2, 0.25) is 0 Å². The largest absolute Gasteiger partial charge is 0.400 e. The van der Waals surface area contributed by atoms with Gasteiger partial charge < -0.3 is 4.89 Å². The van der Waals surface area contributed by atoms with Crippen molar-refractivity contribution in [3.05, 3.63) is 0 Å². The van der Waals surface area contributed by atoms with E-state index in [-0.39, 0.29) is 11.6 Å². The molecule has 0 aromatic rings. The van der Waals surface area contributed by atoms with Crippen molar-refractivity contribution in [3.8, 4) is 0 Å². The van der Waals surface area contributed by atoms with Gasteiger partial charge in [0.1, 0.15) is 11.6 Å². The molecule has 0 saturated heterocycles. The van der Waals surface area contributed by atoms with Crippen LogP contribution < -0.4 is 5.50 Å². The molecule has 142 valence electrons. The summed E-state index contributed by atoms with van der Waals surface area (Å²) in [4.78, 5) is 32.5. The molecule has 0 aliphatic heterocycles. The van der Waals surface area contributed by atoms with Crippen LogP contribution in [0.3, 0.4) is 0 Å². The molecule has 0 radical (unpaired) electrons. The van der Waals surface area contributed by atoms with Crippen LogP contribution in [0.5, 0.6) is 0 Å². The van der Waals surface area contributed by atoms with Gasteiger partial charge in [0.15, 0.2) is 0 Å². The van der Waals surface area contributed by atoms with Crippen LogP contribution >= 0.6 is 7.75 Å². The van der Waals surface area contributed by atoms with Crippen molar-refractivity contribution >= 4 is 19.3 Å². The molecule has 0 aromatic carbocycles. The van der Waals surface area contributed by atoms with E-state index in [1.54, 1.807) is 13.8 Å². The highest BCUT2D eigenvalue weighted by Crippen LogP contribution is 2.39. The van der Waals surface area contributed by atoms with E-state index < -0.39 is 13.3 Å². The molecule has 0 aliphatic carbocycles. The summed E-state index contributed by atoms with van der Waals surface area (Å²) in [7, 11) is -4.02. The van der Waals surface area contributed by atoms with Gasteiger partial charge in [-0.3, -0.25) is 14.1 Å². The lowest BCUT2D eigenvalue weighted by Crippen LogP contribution is -2.24. The van der Waals surface area contributed by atoms with Crippen LogP contribution in [-0.2, 0) is 18.7 Å². The van der Waals surface area contributed by atoms with Crippen molar-refractivity contribution in [2.45, 2.75) is 91.1 Å². The lowest BCUT2D eigenvalue weighted by molar-refractivity contribution is -0.120. The van der Waals surface area contributed by atoms with Gasteiger partial charge in [0, 0.05) is 25.7 Å². The van der Waals surface area contributed by atoms with Gasteiger partial charge in [0.25, 0.3) is 0 Å². The Bertz CT molecular complexity index is 442. The molecule has 24 heavy (non-hydrogen) atoms. The molecule has 0 amide bonds. The highest BCUT2D eigenvalue weighted by atomic mass is 31.2. The van der Waals surface area contributed by atoms with E-state index in [4.69, 9.17) is 14.9 Å². The fraction of sp³-hybridized carbons (Fsp3) is 0.882. The van der Waals surface area contributed by atoms with E-state index in [9.17, 15) is 14.2 Å². The van der Waals surface area contributed by atoms with E-state index in [0.717, 1.165) is 12.8 Å². The number of hydrogen-bond donors (Lipinski definition) is 2. The fourth-order valence-electron chi connectivity index (χ4n) is 2.55. The Morgan fingerprint density at radius 3 is 1.96 bits per heavy atom. The molecule has 1 atom stereocenters. The monoisotopic (exact) mass is 363 g/mol. The summed E-state index contributed by atoms with van der Waals surface area (Å²) in [6.45, 7) is 7.62. The highest BCUT2D eigenvalue weighted by Gasteiger charge is 2.27. The molecule has 7 heteroatoms. The molecule has 6 nitrogen and oxygen atoms in total. The van der Waals surface area contributed by atoms with Crippen molar-refractivity contribution in [1.82, 2.24) is 0 Å². The predicted octanol–water partition coefficient (Wildman–Crippen LogP) is 4.15. The zero-order valence-corrected chi connectivity index (χ0v) is 16.4. The molecular weight excluding hydrogens is 329 g/mol. The molecule has 0 saturated carbocycles. The summed E-state index contributed by atoms with van der Waals surface area (Å²) in [6, 6.07) is 0. The SMILES string of the molecule is CC(C)CCCC(=O)CCCC(=O)CCCC(C)(C)OP(N)(=O)O. The molecule has 0 bridgehead atoms. The van der Waals surface area contributed by atoms with E-state index in [1.165, 1.54) is 0 Å². The average Bonchev–Trinajstić information content (AvgIpc) is 2.34. The van der Waals surface area contributed by atoms with Crippen LogP contribution in [0.25, 0.3) is 0 Å². The van der Waals surface area contributed by atoms with Crippen LogP contribution in [0, 0.1) is 5.92 Å². The second-order valence-electron chi connectivity index (χ2n) is 7.49. The minimum absolute atomic E-state index is 0.112. The molecule has 0 spiro atoms. The molecule has 0 aromatic heterocycles. The van der Waals surface area contributed by atoms with Crippen LogP contribution in [0.2, 0.25) is 0 Å². The second-order valence-corrected chi connectivity index (χ2v) is 8.80. The smallest absolute Gasteiger partial charge is 0.313 e. The van der Waals surface area contributed by atoms with Crippen molar-refractivity contribution < 1.29 is 23.6 Å². The fourth-order valence-corrected chi connectivity index (χ4v) is 3.35. The van der Waals surface area contributed by atoms with Gasteiger partial charge >= 0.3 is 7.75 Å². The first-order valence-electron chi connectivity index (χ1n) is 8.77. The number of hydrogen-bond acceptors (Lipinski definition) is 4. The Morgan fingerprint density at radius 2 is 1.50 bits per heavy atom. The minimum Gasteiger partial charge on any atom is -0.313 e. The van der Waals surface area contributed by atoms with Gasteiger partial charge in [-0.15, -0.1) is 0 Å². The lowest BCUT2D eigenvalue weighted by Gasteiger charge is -2.25. The van der Waals surface area contributed by atoms with Gasteiger partial charge in [-0.05, 0) is 45.4 Å². The van der Waals surface area contributed by atoms with Gasteiger partial charge in [-0.25, -0.2) is 10.1 Å². The van der Waals surface area contributed by atoms with Crippen LogP contribution in [-0.4, -0.2) is 22.1 Å². The van der Waals surface area contributed by atoms with Crippen molar-refractivity contribution in [2.75, 3.05) is 0 Å². The molecular formula is C17H34NO5P. The maximum absolute atomic E-state index is 11.8. The summed E-state index contributed by atoms with van der Waals surface area (Å²) >= 11 is 0. The van der Waals surface area contributed by atoms with Gasteiger partial charge in [0.05, 0.1) is 5.60 Å². The molecule has 0 rings (SSSR count). The first-order valence-corrected chi connectivity index (χ1v) is 10.4. The Hall–Kier alpha value is -0.550. The van der Waals surface area contributed by atoms with E-state index in [2.05, 4.69) is 13.8 Å². The molecule has 0 heterocycles. The Labute approximate surface area is 146 Å². The van der Waals surface area contributed by atoms with E-state index >= 15 is 0 Å². The maximum Gasteiger partial charge on any atom is 0.400 e. The van der Waals surface area contributed by atoms with Crippen molar-refractivity contribution in [1.29, 1.82) is 0 Å². The van der Waals surface area contributed by atoms with Crippen LogP contribution in [0.1, 0.15) is 85.5 Å². The Kier molecular flexibility index (Phi) is 10.9. The van der Waals surface area contributed by atoms with Gasteiger partial charge in [-0.1, -0.05) is 20.3 Å². The molecule has 3 N–H and O–H groups in total. The average molecular weight is 363 g/mol. The summed E-state index contributed by atoms with van der Waals surface area (Å²) in [5.41, 5.74) is 4.15. The van der Waals surface area contributed by atoms with Crippen molar-refractivity contribution in [2.24, 2.45) is 11.4 Å². The summed E-state index contributed by atoms with van der Waals surface area (Å²) in [6.07, 6.45) is 5.50. The number of carbonyl (C=O) groups is 2. The maximum atomic E-state index is 11.8. The van der Waals surface area contributed by atoms with Crippen LogP contribution in [0.4, 0.5) is 0 Å². The highest BCUT2D eigenvalue weighted by molar-refractivity contribution is 7.50. The summed E-state index contributed by atoms with van der Waals surface area (Å²) in [5.74, 6) is 0.965. The standard InChI is InChI=1S/C17H34NO5P/c1-14(2)8-5-9-15(19)10-6-11-16(20)12-7-13-17(3,4)23-24(18,21)22/h14H,5-13H2,1-4H3,(H3,18,21,22). The quantitative estimate of drug-likeness (QED) is 0.449. The molecule has 1 unspecified atom stereocenters. The van der Waals surface area contributed by atoms with Crippen LogP contribution in [0.15, 0.2) is 0 Å². The lowest BCUT2D eigenvalue weighted by atomic mass is 9.98. The number of ketones is 2. The Morgan fingerprint density at radius 1 is 1.04 bits per heavy atom. The third-order valence-electron chi connectivity index (χ3n) is 3.76. The summed E-state index contributed by atoms with van der Waals surface area (Å²) < 4.78 is 16.0. The first kappa shape index (κ1) is 23.4. The van der Waals surface area contributed by atoms with E-state index in [0.29, 0.717) is 50.9 Å². The minimum atomic E-state index is -4.02. The third kappa shape index (κ3) is 15.0. The second kappa shape index (κ2) is 11.1. The van der Waals surface area contributed by atoms with Gasteiger partial charge in [-0.2, -0.15) is 0 Å². The molecule has 0 aliphatic rings. The number of nitrogens with two attached hydrogens (primary N) is 1. The third-order valence-corrected chi connectivity index (χ3v) is 4.52. The normalized spacial score (nSPS) is 14.6. The zero-order chi connectivity index (χ0) is 18.8. The Balaban J connectivity index is 3.80. The first-order chi connectivity index (χ1) is 10.9. The number of carbonyl (C=O) groups excluding carboxylic acids is 2. The zero-order valence-electron chi connectivity index (χ0n) is 15.5. The van der Waals surface area contributed by atoms with Crippen molar-refractivity contribution in [3.63, 3.8) is 0 Å².